The zero-order chi connectivity index (χ0) is 15.3. The number of carbonyl (C=O) groups excluding carboxylic acids is 1. The number of benzene rings is 1. The molecule has 1 aromatic carbocycles. The minimum atomic E-state index is -1.11. The fourth-order valence-corrected chi connectivity index (χ4v) is 1.90. The summed E-state index contributed by atoms with van der Waals surface area (Å²) >= 11 is 0. The number of amidine groups is 1. The number of hydrogen-bond acceptors (Lipinski definition) is 3. The maximum atomic E-state index is 13.5. The summed E-state index contributed by atoms with van der Waals surface area (Å²) in [6.45, 7) is 3.45. The van der Waals surface area contributed by atoms with Gasteiger partial charge in [-0.05, 0) is 31.0 Å². The summed E-state index contributed by atoms with van der Waals surface area (Å²) in [6.07, 6.45) is 0.671. The highest BCUT2D eigenvalue weighted by molar-refractivity contribution is 6.00. The van der Waals surface area contributed by atoms with Crippen LogP contribution in [0.15, 0.2) is 23.4 Å². The van der Waals surface area contributed by atoms with E-state index in [1.165, 1.54) is 0 Å². The first kappa shape index (κ1) is 15.9. The first-order valence-electron chi connectivity index (χ1n) is 6.15. The van der Waals surface area contributed by atoms with Gasteiger partial charge in [-0.15, -0.1) is 0 Å². The topological polar surface area (TPSA) is 87.7 Å². The molecule has 0 aliphatic rings. The van der Waals surface area contributed by atoms with Crippen LogP contribution in [0.1, 0.15) is 37.0 Å². The van der Waals surface area contributed by atoms with Gasteiger partial charge in [-0.3, -0.25) is 4.79 Å². The molecule has 1 aromatic rings. The second-order valence-electron chi connectivity index (χ2n) is 4.35. The molecule has 7 heteroatoms. The monoisotopic (exact) mass is 285 g/mol. The lowest BCUT2D eigenvalue weighted by Gasteiger charge is -2.31. The van der Waals surface area contributed by atoms with Crippen molar-refractivity contribution >= 4 is 11.7 Å². The molecule has 0 saturated carbocycles. The third-order valence-corrected chi connectivity index (χ3v) is 3.33. The van der Waals surface area contributed by atoms with E-state index in [1.807, 2.05) is 0 Å². The Hall–Kier alpha value is -2.18. The highest BCUT2D eigenvalue weighted by Crippen LogP contribution is 2.18. The molecule has 5 nitrogen and oxygen atoms in total. The lowest BCUT2D eigenvalue weighted by atomic mass is 9.91. The van der Waals surface area contributed by atoms with Gasteiger partial charge in [0, 0.05) is 0 Å². The molecule has 0 heterocycles. The van der Waals surface area contributed by atoms with E-state index >= 15 is 0 Å². The molecule has 110 valence electrons. The molecule has 0 aliphatic carbocycles. The predicted molar refractivity (Wildman–Crippen MR) is 70.5 cm³/mol. The number of nitrogens with one attached hydrogen (secondary N) is 1. The number of rotatable bonds is 5. The maximum Gasteiger partial charge on any atom is 0.255 e. The number of nitrogens with two attached hydrogens (primary N) is 1. The summed E-state index contributed by atoms with van der Waals surface area (Å²) < 4.78 is 26.6. The normalized spacial score (nSPS) is 12.3. The van der Waals surface area contributed by atoms with E-state index in [0.717, 1.165) is 18.2 Å². The van der Waals surface area contributed by atoms with Gasteiger partial charge in [0.25, 0.3) is 5.91 Å². The first-order valence-corrected chi connectivity index (χ1v) is 6.15. The third-order valence-electron chi connectivity index (χ3n) is 3.33. The molecule has 0 radical (unpaired) electrons. The molecule has 0 aromatic heterocycles. The molecule has 0 aliphatic heterocycles. The van der Waals surface area contributed by atoms with Gasteiger partial charge < -0.3 is 16.3 Å². The van der Waals surface area contributed by atoms with Crippen molar-refractivity contribution in [2.24, 2.45) is 10.9 Å². The second kappa shape index (κ2) is 6.31. The predicted octanol–water partition coefficient (Wildman–Crippen LogP) is 2.00. The summed E-state index contributed by atoms with van der Waals surface area (Å²) in [5, 5.41) is 14.2. The first-order chi connectivity index (χ1) is 9.40. The average Bonchev–Trinajstić information content (AvgIpc) is 2.46. The largest absolute Gasteiger partial charge is 0.409 e. The Kier molecular flexibility index (Phi) is 5.01. The summed E-state index contributed by atoms with van der Waals surface area (Å²) in [6, 6.07) is 2.59. The molecule has 0 spiro atoms. The van der Waals surface area contributed by atoms with Gasteiger partial charge in [0.1, 0.15) is 17.2 Å². The van der Waals surface area contributed by atoms with Crippen molar-refractivity contribution in [2.75, 3.05) is 0 Å². The SMILES string of the molecule is CCC(CC)(NC(=O)c1cc(F)ccc1F)/C(N)=N/O. The Morgan fingerprint density at radius 1 is 1.40 bits per heavy atom. The van der Waals surface area contributed by atoms with Crippen LogP contribution in [-0.2, 0) is 0 Å². The van der Waals surface area contributed by atoms with Crippen LogP contribution in [0.2, 0.25) is 0 Å². The minimum absolute atomic E-state index is 0.187. The average molecular weight is 285 g/mol. The van der Waals surface area contributed by atoms with Gasteiger partial charge in [-0.25, -0.2) is 8.78 Å². The number of hydrogen-bond donors (Lipinski definition) is 3. The Labute approximate surface area is 115 Å². The van der Waals surface area contributed by atoms with Crippen LogP contribution in [-0.4, -0.2) is 22.5 Å². The number of oxime groups is 1. The highest BCUT2D eigenvalue weighted by atomic mass is 19.1. The van der Waals surface area contributed by atoms with E-state index in [2.05, 4.69) is 10.5 Å². The molecule has 1 rings (SSSR count). The Morgan fingerprint density at radius 2 is 2.00 bits per heavy atom. The zero-order valence-electron chi connectivity index (χ0n) is 11.3. The van der Waals surface area contributed by atoms with E-state index in [4.69, 9.17) is 10.9 Å². The van der Waals surface area contributed by atoms with Gasteiger partial charge in [-0.1, -0.05) is 19.0 Å². The van der Waals surface area contributed by atoms with Crippen molar-refractivity contribution in [3.63, 3.8) is 0 Å². The fraction of sp³-hybridized carbons (Fsp3) is 0.385. The van der Waals surface area contributed by atoms with Crippen LogP contribution in [0.5, 0.6) is 0 Å². The van der Waals surface area contributed by atoms with Gasteiger partial charge >= 0.3 is 0 Å². The molecule has 0 unspecified atom stereocenters. The standard InChI is InChI=1S/C13H17F2N3O2/c1-3-13(4-2,12(16)18-20)17-11(19)9-7-8(14)5-6-10(9)15/h5-7,20H,3-4H2,1-2H3,(H2,16,18)(H,17,19). The Balaban J connectivity index is 3.12. The van der Waals surface area contributed by atoms with Gasteiger partial charge in [-0.2, -0.15) is 0 Å². The van der Waals surface area contributed by atoms with Crippen LogP contribution in [0.25, 0.3) is 0 Å². The lowest BCUT2D eigenvalue weighted by Crippen LogP contribution is -2.57. The van der Waals surface area contributed by atoms with Crippen molar-refractivity contribution in [3.05, 3.63) is 35.4 Å². The van der Waals surface area contributed by atoms with Crippen LogP contribution in [0.3, 0.4) is 0 Å². The molecular formula is C13H17F2N3O2. The maximum absolute atomic E-state index is 13.5. The van der Waals surface area contributed by atoms with Gasteiger partial charge in [0.15, 0.2) is 5.84 Å². The van der Waals surface area contributed by atoms with Gasteiger partial charge in [0.05, 0.1) is 5.56 Å². The second-order valence-corrected chi connectivity index (χ2v) is 4.35. The summed E-state index contributed by atoms with van der Waals surface area (Å²) in [7, 11) is 0. The molecule has 0 atom stereocenters. The van der Waals surface area contributed by atoms with E-state index in [-0.39, 0.29) is 5.84 Å². The van der Waals surface area contributed by atoms with Gasteiger partial charge in [0.2, 0.25) is 0 Å². The number of halogens is 2. The number of carbonyl (C=O) groups is 1. The van der Waals surface area contributed by atoms with Crippen LogP contribution < -0.4 is 11.1 Å². The van der Waals surface area contributed by atoms with Crippen molar-refractivity contribution in [1.82, 2.24) is 5.32 Å². The van der Waals surface area contributed by atoms with Crippen molar-refractivity contribution < 1.29 is 18.8 Å². The van der Waals surface area contributed by atoms with E-state index in [0.29, 0.717) is 12.8 Å². The molecule has 1 amide bonds. The Bertz CT molecular complexity index is 528. The smallest absolute Gasteiger partial charge is 0.255 e. The molecule has 0 bridgehead atoms. The lowest BCUT2D eigenvalue weighted by molar-refractivity contribution is 0.0913. The van der Waals surface area contributed by atoms with Crippen LogP contribution in [0, 0.1) is 11.6 Å². The van der Waals surface area contributed by atoms with Crippen LogP contribution in [0.4, 0.5) is 8.78 Å². The quantitative estimate of drug-likeness (QED) is 0.334. The molecule has 20 heavy (non-hydrogen) atoms. The summed E-state index contributed by atoms with van der Waals surface area (Å²) in [5.74, 6) is -2.58. The summed E-state index contributed by atoms with van der Waals surface area (Å²) in [4.78, 5) is 12.1. The van der Waals surface area contributed by atoms with Crippen molar-refractivity contribution in [1.29, 1.82) is 0 Å². The van der Waals surface area contributed by atoms with E-state index in [9.17, 15) is 13.6 Å². The van der Waals surface area contributed by atoms with Crippen molar-refractivity contribution in [2.45, 2.75) is 32.2 Å². The third kappa shape index (κ3) is 3.04. The highest BCUT2D eigenvalue weighted by Gasteiger charge is 2.34. The molecule has 0 fully saturated rings. The Morgan fingerprint density at radius 3 is 2.50 bits per heavy atom. The minimum Gasteiger partial charge on any atom is -0.409 e. The van der Waals surface area contributed by atoms with Crippen molar-refractivity contribution in [3.8, 4) is 0 Å². The van der Waals surface area contributed by atoms with E-state index in [1.54, 1.807) is 13.8 Å². The molecule has 0 saturated heterocycles. The van der Waals surface area contributed by atoms with E-state index < -0.39 is 28.6 Å². The van der Waals surface area contributed by atoms with Crippen LogP contribution >= 0.6 is 0 Å². The number of nitrogens with zero attached hydrogens (tertiary/aromatic N) is 1. The molecule has 4 N–H and O–H groups in total. The summed E-state index contributed by atoms with van der Waals surface area (Å²) in [5.41, 5.74) is 4.05. The zero-order valence-corrected chi connectivity index (χ0v) is 11.3. The number of amides is 1. The molecular weight excluding hydrogens is 268 g/mol. The fourth-order valence-electron chi connectivity index (χ4n) is 1.90.